The lowest BCUT2D eigenvalue weighted by molar-refractivity contribution is 0.500. The summed E-state index contributed by atoms with van der Waals surface area (Å²) in [4.78, 5) is 8.33. The van der Waals surface area contributed by atoms with Gasteiger partial charge in [-0.05, 0) is 33.8 Å². The summed E-state index contributed by atoms with van der Waals surface area (Å²) in [5.41, 5.74) is 6.83. The van der Waals surface area contributed by atoms with Crippen LogP contribution in [0, 0.1) is 13.8 Å². The fourth-order valence-corrected chi connectivity index (χ4v) is 2.19. The van der Waals surface area contributed by atoms with E-state index in [0.29, 0.717) is 5.82 Å². The third-order valence-corrected chi connectivity index (χ3v) is 3.01. The van der Waals surface area contributed by atoms with Crippen molar-refractivity contribution in [2.24, 2.45) is 0 Å². The minimum atomic E-state index is 0.0798. The molecule has 4 N–H and O–H groups in total. The van der Waals surface area contributed by atoms with Crippen LogP contribution >= 0.6 is 0 Å². The Morgan fingerprint density at radius 3 is 2.55 bits per heavy atom. The van der Waals surface area contributed by atoms with E-state index >= 15 is 0 Å². The largest absolute Gasteiger partial charge is 0.466 e. The molecule has 108 valence electrons. The van der Waals surface area contributed by atoms with E-state index in [0.717, 1.165) is 29.4 Å². The standard InChI is InChI=1S/C14H21N5O/c1-5-16-12-7-13(19-14(15)18-12)17-9(3)11-6-8(2)20-10(11)4/h6-7,9H,5H2,1-4H3,(H4,15,16,17,18,19). The van der Waals surface area contributed by atoms with Crippen LogP contribution in [0.1, 0.15) is 37.0 Å². The van der Waals surface area contributed by atoms with Gasteiger partial charge in [-0.15, -0.1) is 0 Å². The number of nitrogen functional groups attached to an aromatic ring is 1. The lowest BCUT2D eigenvalue weighted by atomic mass is 10.1. The Balaban J connectivity index is 2.18. The van der Waals surface area contributed by atoms with Crippen molar-refractivity contribution in [1.29, 1.82) is 0 Å². The van der Waals surface area contributed by atoms with Gasteiger partial charge in [-0.2, -0.15) is 9.97 Å². The second kappa shape index (κ2) is 5.81. The average Bonchev–Trinajstić information content (AvgIpc) is 2.68. The van der Waals surface area contributed by atoms with E-state index in [4.69, 9.17) is 10.2 Å². The van der Waals surface area contributed by atoms with E-state index in [-0.39, 0.29) is 12.0 Å². The van der Waals surface area contributed by atoms with Crippen molar-refractivity contribution in [3.05, 3.63) is 29.2 Å². The summed E-state index contributed by atoms with van der Waals surface area (Å²) in [5.74, 6) is 3.48. The fraction of sp³-hybridized carbons (Fsp3) is 0.429. The predicted octanol–water partition coefficient (Wildman–Crippen LogP) is 2.87. The number of hydrogen-bond acceptors (Lipinski definition) is 6. The average molecular weight is 275 g/mol. The SMILES string of the molecule is CCNc1cc(NC(C)c2cc(C)oc2C)nc(N)n1. The van der Waals surface area contributed by atoms with Gasteiger partial charge in [-0.1, -0.05) is 0 Å². The van der Waals surface area contributed by atoms with Gasteiger partial charge in [-0.25, -0.2) is 0 Å². The summed E-state index contributed by atoms with van der Waals surface area (Å²) >= 11 is 0. The van der Waals surface area contributed by atoms with Crippen molar-refractivity contribution < 1.29 is 4.42 Å². The Hall–Kier alpha value is -2.24. The summed E-state index contributed by atoms with van der Waals surface area (Å²) in [6, 6.07) is 3.96. The first kappa shape index (κ1) is 14.2. The topological polar surface area (TPSA) is 89.0 Å². The molecule has 1 unspecified atom stereocenters. The van der Waals surface area contributed by atoms with Crippen molar-refractivity contribution >= 4 is 17.6 Å². The van der Waals surface area contributed by atoms with Gasteiger partial charge in [-0.3, -0.25) is 0 Å². The molecule has 2 aromatic rings. The van der Waals surface area contributed by atoms with Crippen LogP contribution in [0.4, 0.5) is 17.6 Å². The summed E-state index contributed by atoms with van der Waals surface area (Å²) in [5, 5.41) is 6.45. The van der Waals surface area contributed by atoms with Crippen molar-refractivity contribution in [3.63, 3.8) is 0 Å². The van der Waals surface area contributed by atoms with Gasteiger partial charge in [0.2, 0.25) is 5.95 Å². The molecule has 0 amide bonds. The maximum atomic E-state index is 5.72. The van der Waals surface area contributed by atoms with E-state index in [2.05, 4.69) is 27.5 Å². The highest BCUT2D eigenvalue weighted by Gasteiger charge is 2.13. The van der Waals surface area contributed by atoms with Crippen LogP contribution in [-0.2, 0) is 0 Å². The molecule has 0 aliphatic rings. The van der Waals surface area contributed by atoms with E-state index < -0.39 is 0 Å². The Morgan fingerprint density at radius 2 is 1.95 bits per heavy atom. The number of nitrogens with one attached hydrogen (secondary N) is 2. The van der Waals surface area contributed by atoms with Crippen LogP contribution in [0.15, 0.2) is 16.5 Å². The Kier molecular flexibility index (Phi) is 4.12. The number of rotatable bonds is 5. The zero-order chi connectivity index (χ0) is 14.7. The minimum Gasteiger partial charge on any atom is -0.466 e. The van der Waals surface area contributed by atoms with Gasteiger partial charge < -0.3 is 20.8 Å². The summed E-state index contributed by atoms with van der Waals surface area (Å²) in [6.07, 6.45) is 0. The molecule has 0 saturated heterocycles. The zero-order valence-electron chi connectivity index (χ0n) is 12.3. The lowest BCUT2D eigenvalue weighted by Crippen LogP contribution is -2.11. The molecule has 2 aromatic heterocycles. The smallest absolute Gasteiger partial charge is 0.223 e. The molecule has 0 aliphatic heterocycles. The Labute approximate surface area is 118 Å². The molecule has 0 aromatic carbocycles. The van der Waals surface area contributed by atoms with Gasteiger partial charge in [0.15, 0.2) is 0 Å². The van der Waals surface area contributed by atoms with Crippen LogP contribution in [0.25, 0.3) is 0 Å². The number of aromatic nitrogens is 2. The molecule has 0 fully saturated rings. The number of anilines is 3. The van der Waals surface area contributed by atoms with Crippen LogP contribution < -0.4 is 16.4 Å². The highest BCUT2D eigenvalue weighted by atomic mass is 16.3. The molecule has 0 bridgehead atoms. The normalized spacial score (nSPS) is 12.2. The zero-order valence-corrected chi connectivity index (χ0v) is 12.3. The summed E-state index contributed by atoms with van der Waals surface area (Å²) in [6.45, 7) is 8.74. The van der Waals surface area contributed by atoms with Gasteiger partial charge in [0.05, 0.1) is 6.04 Å². The molecule has 20 heavy (non-hydrogen) atoms. The Bertz CT molecular complexity index is 593. The first-order chi connectivity index (χ1) is 9.49. The van der Waals surface area contributed by atoms with Crippen LogP contribution in [-0.4, -0.2) is 16.5 Å². The molecule has 0 radical (unpaired) electrons. The number of hydrogen-bond donors (Lipinski definition) is 3. The third-order valence-electron chi connectivity index (χ3n) is 3.01. The third kappa shape index (κ3) is 3.20. The van der Waals surface area contributed by atoms with E-state index in [9.17, 15) is 0 Å². The number of nitrogens with two attached hydrogens (primary N) is 1. The molecule has 6 nitrogen and oxygen atoms in total. The molecule has 0 saturated carbocycles. The van der Waals surface area contributed by atoms with Gasteiger partial charge in [0.1, 0.15) is 23.2 Å². The van der Waals surface area contributed by atoms with E-state index in [1.54, 1.807) is 0 Å². The Morgan fingerprint density at radius 1 is 1.25 bits per heavy atom. The number of furan rings is 1. The maximum absolute atomic E-state index is 5.72. The van der Waals surface area contributed by atoms with Crippen LogP contribution in [0.2, 0.25) is 0 Å². The maximum Gasteiger partial charge on any atom is 0.223 e. The highest BCUT2D eigenvalue weighted by Crippen LogP contribution is 2.25. The molecule has 6 heteroatoms. The quantitative estimate of drug-likeness (QED) is 0.777. The number of aryl methyl sites for hydroxylation is 2. The predicted molar refractivity (Wildman–Crippen MR) is 80.8 cm³/mol. The van der Waals surface area contributed by atoms with Crippen molar-refractivity contribution in [2.45, 2.75) is 33.7 Å². The monoisotopic (exact) mass is 275 g/mol. The molecular weight excluding hydrogens is 254 g/mol. The van der Waals surface area contributed by atoms with Gasteiger partial charge >= 0.3 is 0 Å². The second-order valence-electron chi connectivity index (χ2n) is 4.76. The molecular formula is C14H21N5O. The second-order valence-corrected chi connectivity index (χ2v) is 4.76. The van der Waals surface area contributed by atoms with Crippen molar-refractivity contribution in [2.75, 3.05) is 22.9 Å². The lowest BCUT2D eigenvalue weighted by Gasteiger charge is -2.15. The number of nitrogens with zero attached hydrogens (tertiary/aromatic N) is 2. The summed E-state index contributed by atoms with van der Waals surface area (Å²) in [7, 11) is 0. The minimum absolute atomic E-state index is 0.0798. The van der Waals surface area contributed by atoms with Gasteiger partial charge in [0.25, 0.3) is 0 Å². The fourth-order valence-electron chi connectivity index (χ4n) is 2.19. The first-order valence-corrected chi connectivity index (χ1v) is 6.71. The van der Waals surface area contributed by atoms with E-state index in [1.807, 2.05) is 32.9 Å². The van der Waals surface area contributed by atoms with Gasteiger partial charge in [0, 0.05) is 18.2 Å². The highest BCUT2D eigenvalue weighted by molar-refractivity contribution is 5.52. The first-order valence-electron chi connectivity index (χ1n) is 6.71. The molecule has 2 rings (SSSR count). The summed E-state index contributed by atoms with van der Waals surface area (Å²) < 4.78 is 5.55. The van der Waals surface area contributed by atoms with Crippen LogP contribution in [0.5, 0.6) is 0 Å². The molecule has 0 spiro atoms. The van der Waals surface area contributed by atoms with E-state index in [1.165, 1.54) is 0 Å². The molecule has 1 atom stereocenters. The van der Waals surface area contributed by atoms with Crippen molar-refractivity contribution in [3.8, 4) is 0 Å². The molecule has 0 aliphatic carbocycles. The molecule has 2 heterocycles. The van der Waals surface area contributed by atoms with Crippen LogP contribution in [0.3, 0.4) is 0 Å². The van der Waals surface area contributed by atoms with Crippen molar-refractivity contribution in [1.82, 2.24) is 9.97 Å².